The number of hydrogen-bond acceptors (Lipinski definition) is 5. The van der Waals surface area contributed by atoms with Gasteiger partial charge in [0.1, 0.15) is 0 Å². The highest BCUT2D eigenvalue weighted by molar-refractivity contribution is 5.81. The van der Waals surface area contributed by atoms with Gasteiger partial charge in [-0.2, -0.15) is 5.10 Å². The van der Waals surface area contributed by atoms with Crippen LogP contribution in [-0.2, 0) is 0 Å². The Morgan fingerprint density at radius 1 is 0.923 bits per heavy atom. The van der Waals surface area contributed by atoms with Gasteiger partial charge >= 0.3 is 0 Å². The number of hydrogen-bond donors (Lipinski definition) is 1. The largest absolute Gasteiger partial charge is 0.378 e. The molecule has 2 aromatic carbocycles. The third-order valence-corrected chi connectivity index (χ3v) is 4.21. The van der Waals surface area contributed by atoms with E-state index >= 15 is 0 Å². The minimum absolute atomic E-state index is 0.696. The molecule has 5 heteroatoms. The SMILES string of the molecule is Cc1nc(-c2ccccc2)nc(NN=Cc2ccc(N(C)C)cc2)c1C. The fourth-order valence-electron chi connectivity index (χ4n) is 2.48. The van der Waals surface area contributed by atoms with Crippen LogP contribution in [0.15, 0.2) is 59.7 Å². The molecule has 1 heterocycles. The Hall–Kier alpha value is -3.21. The predicted molar refractivity (Wildman–Crippen MR) is 109 cm³/mol. The van der Waals surface area contributed by atoms with E-state index < -0.39 is 0 Å². The second-order valence-corrected chi connectivity index (χ2v) is 6.33. The highest BCUT2D eigenvalue weighted by Gasteiger charge is 2.09. The van der Waals surface area contributed by atoms with Crippen molar-refractivity contribution in [3.8, 4) is 11.4 Å². The Morgan fingerprint density at radius 3 is 2.27 bits per heavy atom. The number of rotatable bonds is 5. The minimum Gasteiger partial charge on any atom is -0.378 e. The molecule has 132 valence electrons. The summed E-state index contributed by atoms with van der Waals surface area (Å²) in [6.07, 6.45) is 1.79. The lowest BCUT2D eigenvalue weighted by Crippen LogP contribution is -2.08. The van der Waals surface area contributed by atoms with Crippen molar-refractivity contribution in [3.05, 3.63) is 71.4 Å². The maximum Gasteiger partial charge on any atom is 0.161 e. The molecule has 0 radical (unpaired) electrons. The Balaban J connectivity index is 1.80. The normalized spacial score (nSPS) is 10.9. The van der Waals surface area contributed by atoms with Gasteiger partial charge in [0.25, 0.3) is 0 Å². The molecule has 0 amide bonds. The summed E-state index contributed by atoms with van der Waals surface area (Å²) in [5.74, 6) is 1.42. The van der Waals surface area contributed by atoms with E-state index in [4.69, 9.17) is 0 Å². The molecule has 3 rings (SSSR count). The minimum atomic E-state index is 0.696. The van der Waals surface area contributed by atoms with Gasteiger partial charge in [-0.3, -0.25) is 5.43 Å². The average molecular weight is 345 g/mol. The van der Waals surface area contributed by atoms with E-state index in [1.165, 1.54) is 0 Å². The first kappa shape index (κ1) is 17.6. The molecule has 0 aliphatic carbocycles. The number of anilines is 2. The van der Waals surface area contributed by atoms with Crippen LogP contribution in [0, 0.1) is 13.8 Å². The first-order valence-electron chi connectivity index (χ1n) is 8.51. The number of nitrogens with one attached hydrogen (secondary N) is 1. The zero-order chi connectivity index (χ0) is 18.5. The number of benzene rings is 2. The van der Waals surface area contributed by atoms with Crippen LogP contribution in [0.3, 0.4) is 0 Å². The fourth-order valence-corrected chi connectivity index (χ4v) is 2.48. The molecule has 0 bridgehead atoms. The highest BCUT2D eigenvalue weighted by atomic mass is 15.3. The third kappa shape index (κ3) is 4.06. The molecular weight excluding hydrogens is 322 g/mol. The molecule has 0 saturated heterocycles. The lowest BCUT2D eigenvalue weighted by molar-refractivity contribution is 1.06. The molecule has 1 N–H and O–H groups in total. The smallest absolute Gasteiger partial charge is 0.161 e. The molecule has 0 aliphatic heterocycles. The maximum atomic E-state index is 4.63. The summed E-state index contributed by atoms with van der Waals surface area (Å²) in [5, 5.41) is 4.34. The molecule has 0 aliphatic rings. The van der Waals surface area contributed by atoms with Gasteiger partial charge in [-0.05, 0) is 31.5 Å². The molecule has 26 heavy (non-hydrogen) atoms. The molecule has 0 spiro atoms. The average Bonchev–Trinajstić information content (AvgIpc) is 2.66. The van der Waals surface area contributed by atoms with Crippen molar-refractivity contribution in [1.82, 2.24) is 9.97 Å². The van der Waals surface area contributed by atoms with E-state index in [0.29, 0.717) is 5.82 Å². The van der Waals surface area contributed by atoms with Crippen LogP contribution < -0.4 is 10.3 Å². The number of aromatic nitrogens is 2. The summed E-state index contributed by atoms with van der Waals surface area (Å²) in [7, 11) is 4.05. The second kappa shape index (κ2) is 7.78. The van der Waals surface area contributed by atoms with E-state index in [9.17, 15) is 0 Å². The third-order valence-electron chi connectivity index (χ3n) is 4.21. The Bertz CT molecular complexity index is 900. The zero-order valence-electron chi connectivity index (χ0n) is 15.6. The Morgan fingerprint density at radius 2 is 1.62 bits per heavy atom. The van der Waals surface area contributed by atoms with Crippen molar-refractivity contribution in [3.63, 3.8) is 0 Å². The quantitative estimate of drug-likeness (QED) is 0.554. The van der Waals surface area contributed by atoms with Crippen LogP contribution in [0.2, 0.25) is 0 Å². The molecule has 0 atom stereocenters. The van der Waals surface area contributed by atoms with E-state index in [1.54, 1.807) is 6.21 Å². The number of aryl methyl sites for hydroxylation is 1. The van der Waals surface area contributed by atoms with Gasteiger partial charge < -0.3 is 4.90 Å². The highest BCUT2D eigenvalue weighted by Crippen LogP contribution is 2.21. The van der Waals surface area contributed by atoms with Crippen LogP contribution in [-0.4, -0.2) is 30.3 Å². The summed E-state index contributed by atoms with van der Waals surface area (Å²) in [6, 6.07) is 18.2. The lowest BCUT2D eigenvalue weighted by Gasteiger charge is -2.11. The van der Waals surface area contributed by atoms with E-state index in [0.717, 1.165) is 33.9 Å². The van der Waals surface area contributed by atoms with Crippen molar-refractivity contribution in [2.75, 3.05) is 24.4 Å². The van der Waals surface area contributed by atoms with Crippen LogP contribution in [0.5, 0.6) is 0 Å². The second-order valence-electron chi connectivity index (χ2n) is 6.33. The fraction of sp³-hybridized carbons (Fsp3) is 0.190. The van der Waals surface area contributed by atoms with E-state index in [1.807, 2.05) is 70.4 Å². The molecule has 1 aromatic heterocycles. The van der Waals surface area contributed by atoms with E-state index in [-0.39, 0.29) is 0 Å². The van der Waals surface area contributed by atoms with Crippen molar-refractivity contribution in [1.29, 1.82) is 0 Å². The molecule has 5 nitrogen and oxygen atoms in total. The standard InChI is InChI=1S/C21H23N5/c1-15-16(2)23-21(18-8-6-5-7-9-18)24-20(15)25-22-14-17-10-12-19(13-11-17)26(3)4/h5-14H,1-4H3,(H,23,24,25). The van der Waals surface area contributed by atoms with Crippen molar-refractivity contribution in [2.24, 2.45) is 5.10 Å². The first-order valence-corrected chi connectivity index (χ1v) is 8.51. The maximum absolute atomic E-state index is 4.63. The van der Waals surface area contributed by atoms with Crippen molar-refractivity contribution < 1.29 is 0 Å². The summed E-state index contributed by atoms with van der Waals surface area (Å²) >= 11 is 0. The number of nitrogens with zero attached hydrogens (tertiary/aromatic N) is 4. The van der Waals surface area contributed by atoms with Crippen molar-refractivity contribution in [2.45, 2.75) is 13.8 Å². The predicted octanol–water partition coefficient (Wildman–Crippen LogP) is 4.27. The van der Waals surface area contributed by atoms with Crippen LogP contribution >= 0.6 is 0 Å². The monoisotopic (exact) mass is 345 g/mol. The Labute approximate surface area is 154 Å². The summed E-state index contributed by atoms with van der Waals surface area (Å²) in [6.45, 7) is 3.98. The van der Waals surface area contributed by atoms with Gasteiger partial charge in [-0.1, -0.05) is 42.5 Å². The van der Waals surface area contributed by atoms with Gasteiger partial charge in [0, 0.05) is 36.6 Å². The Kier molecular flexibility index (Phi) is 5.27. The van der Waals surface area contributed by atoms with Crippen molar-refractivity contribution >= 4 is 17.7 Å². The molecule has 0 unspecified atom stereocenters. The topological polar surface area (TPSA) is 53.4 Å². The summed E-state index contributed by atoms with van der Waals surface area (Å²) in [5.41, 5.74) is 8.15. The van der Waals surface area contributed by atoms with Gasteiger partial charge in [-0.15, -0.1) is 0 Å². The first-order chi connectivity index (χ1) is 12.5. The number of hydrazone groups is 1. The molecule has 3 aromatic rings. The van der Waals surface area contributed by atoms with Gasteiger partial charge in [0.15, 0.2) is 11.6 Å². The van der Waals surface area contributed by atoms with Crippen LogP contribution in [0.4, 0.5) is 11.5 Å². The lowest BCUT2D eigenvalue weighted by atomic mass is 10.2. The van der Waals surface area contributed by atoms with Gasteiger partial charge in [-0.25, -0.2) is 9.97 Å². The van der Waals surface area contributed by atoms with Crippen LogP contribution in [0.25, 0.3) is 11.4 Å². The zero-order valence-corrected chi connectivity index (χ0v) is 15.6. The summed E-state index contributed by atoms with van der Waals surface area (Å²) in [4.78, 5) is 11.3. The van der Waals surface area contributed by atoms with Gasteiger partial charge in [0.05, 0.1) is 6.21 Å². The van der Waals surface area contributed by atoms with E-state index in [2.05, 4.69) is 37.5 Å². The molecular formula is C21H23N5. The van der Waals surface area contributed by atoms with Gasteiger partial charge in [0.2, 0.25) is 0 Å². The molecule has 0 fully saturated rings. The molecule has 0 saturated carbocycles. The van der Waals surface area contributed by atoms with Crippen LogP contribution in [0.1, 0.15) is 16.8 Å². The summed E-state index contributed by atoms with van der Waals surface area (Å²) < 4.78 is 0.